The molecule has 0 heterocycles. The van der Waals surface area contributed by atoms with Gasteiger partial charge in [0.2, 0.25) is 5.91 Å². The van der Waals surface area contributed by atoms with E-state index in [0.717, 1.165) is 11.4 Å². The van der Waals surface area contributed by atoms with E-state index in [4.69, 9.17) is 34.8 Å². The number of amides is 3. The molecule has 0 radical (unpaired) electrons. The van der Waals surface area contributed by atoms with Crippen LogP contribution in [0.5, 0.6) is 0 Å². The van der Waals surface area contributed by atoms with E-state index in [9.17, 15) is 49.5 Å². The van der Waals surface area contributed by atoms with Gasteiger partial charge in [-0.05, 0) is 36.8 Å². The predicted molar refractivity (Wildman–Crippen MR) is 121 cm³/mol. The highest BCUT2D eigenvalue weighted by molar-refractivity contribution is 6.52. The molecule has 6 nitrogen and oxygen atoms in total. The Labute approximate surface area is 222 Å². The summed E-state index contributed by atoms with van der Waals surface area (Å²) in [5, 5.41) is 4.99. The fourth-order valence-corrected chi connectivity index (χ4v) is 3.69. The van der Waals surface area contributed by atoms with Crippen molar-refractivity contribution in [3.63, 3.8) is 0 Å². The summed E-state index contributed by atoms with van der Waals surface area (Å²) >= 11 is 17.6. The fraction of sp³-hybridized carbons (Fsp3) is 0.286. The van der Waals surface area contributed by atoms with Crippen molar-refractivity contribution in [2.75, 3.05) is 16.0 Å². The lowest BCUT2D eigenvalue weighted by molar-refractivity contribution is -0.238. The van der Waals surface area contributed by atoms with E-state index in [1.807, 2.05) is 5.32 Å². The molecule has 2 atom stereocenters. The minimum absolute atomic E-state index is 0.0424. The number of hydrogen-bond donors (Lipinski definition) is 3. The zero-order chi connectivity index (χ0) is 28.8. The van der Waals surface area contributed by atoms with E-state index in [0.29, 0.717) is 12.1 Å². The smallest absolute Gasteiger partial charge is 0.326 e. The van der Waals surface area contributed by atoms with Crippen molar-refractivity contribution >= 4 is 69.6 Å². The first-order chi connectivity index (χ1) is 17.4. The van der Waals surface area contributed by atoms with Crippen LogP contribution in [-0.4, -0.2) is 40.3 Å². The van der Waals surface area contributed by atoms with Crippen molar-refractivity contribution in [1.82, 2.24) is 0 Å². The van der Waals surface area contributed by atoms with Crippen LogP contribution in [0.25, 0.3) is 0 Å². The van der Waals surface area contributed by atoms with E-state index in [2.05, 4.69) is 5.32 Å². The molecule has 17 heteroatoms. The number of benzene rings is 2. The number of carbonyl (C=O) groups is 3. The molecule has 3 amide bonds. The summed E-state index contributed by atoms with van der Waals surface area (Å²) in [4.78, 5) is 36.4. The fourth-order valence-electron chi connectivity index (χ4n) is 2.97. The second kappa shape index (κ2) is 10.4. The molecule has 1 saturated carbocycles. The van der Waals surface area contributed by atoms with Crippen LogP contribution >= 0.6 is 34.8 Å². The summed E-state index contributed by atoms with van der Waals surface area (Å²) in [6, 6.07) is 4.51. The van der Waals surface area contributed by atoms with Crippen LogP contribution in [0.15, 0.2) is 30.3 Å². The first kappa shape index (κ1) is 29.7. The Balaban J connectivity index is 1.81. The second-order valence-electron chi connectivity index (χ2n) is 7.92. The Morgan fingerprint density at radius 3 is 2.13 bits per heavy atom. The van der Waals surface area contributed by atoms with Gasteiger partial charge in [-0.2, -0.15) is 22.0 Å². The molecule has 1 aliphatic carbocycles. The molecular weight excluding hydrogens is 601 g/mol. The molecule has 38 heavy (non-hydrogen) atoms. The van der Waals surface area contributed by atoms with Crippen LogP contribution < -0.4 is 16.0 Å². The lowest BCUT2D eigenvalue weighted by Crippen LogP contribution is -2.49. The van der Waals surface area contributed by atoms with Crippen LogP contribution in [0, 0.1) is 17.6 Å². The van der Waals surface area contributed by atoms with E-state index >= 15 is 0 Å². The molecule has 2 aromatic carbocycles. The van der Waals surface area contributed by atoms with Gasteiger partial charge in [-0.15, -0.1) is 23.2 Å². The highest BCUT2D eigenvalue weighted by Gasteiger charge is 2.61. The van der Waals surface area contributed by atoms with E-state index in [1.54, 1.807) is 0 Å². The van der Waals surface area contributed by atoms with Gasteiger partial charge in [0.15, 0.2) is 5.82 Å². The molecule has 3 rings (SSSR count). The molecule has 1 fully saturated rings. The van der Waals surface area contributed by atoms with Gasteiger partial charge in [-0.1, -0.05) is 11.6 Å². The SMILES string of the molecule is O=C(Nc1ccc(F)c(NC(=O)C(F)(F)C(F)C(F)(F)F)c1F)c1cc(NC(=O)C2CC2(Cl)Cl)ccc1Cl. The summed E-state index contributed by atoms with van der Waals surface area (Å²) in [5.41, 5.74) is -2.94. The van der Waals surface area contributed by atoms with Crippen molar-refractivity contribution in [2.24, 2.45) is 5.92 Å². The maximum atomic E-state index is 14.8. The average Bonchev–Trinajstić information content (AvgIpc) is 3.46. The van der Waals surface area contributed by atoms with Crippen molar-refractivity contribution in [3.8, 4) is 0 Å². The predicted octanol–water partition coefficient (Wildman–Crippen LogP) is 6.48. The van der Waals surface area contributed by atoms with Crippen LogP contribution in [0.2, 0.25) is 5.02 Å². The average molecular weight is 613 g/mol. The van der Waals surface area contributed by atoms with Gasteiger partial charge in [0.25, 0.3) is 18.0 Å². The lowest BCUT2D eigenvalue weighted by atomic mass is 10.1. The van der Waals surface area contributed by atoms with Crippen molar-refractivity contribution in [3.05, 3.63) is 52.6 Å². The van der Waals surface area contributed by atoms with Crippen LogP contribution in [0.4, 0.5) is 52.2 Å². The number of rotatable bonds is 7. The highest BCUT2D eigenvalue weighted by Crippen LogP contribution is 2.53. The minimum Gasteiger partial charge on any atom is -0.326 e. The molecule has 0 saturated heterocycles. The third-order valence-electron chi connectivity index (χ3n) is 5.11. The van der Waals surface area contributed by atoms with Gasteiger partial charge < -0.3 is 16.0 Å². The summed E-state index contributed by atoms with van der Waals surface area (Å²) in [7, 11) is 0. The standard InChI is InChI=1S/C21H12Cl3F8N3O3/c22-10-2-1-7(33-16(37)9-6-19(9,23)24)5-8(10)15(36)34-12-4-3-11(25)14(13(12)26)35-18(38)20(28,29)17(27)21(30,31)32/h1-5,9,17H,6H2,(H,33,37)(H,34,36)(H,35,38). The van der Waals surface area contributed by atoms with Gasteiger partial charge in [0.1, 0.15) is 15.8 Å². The molecule has 0 aliphatic heterocycles. The lowest BCUT2D eigenvalue weighted by Gasteiger charge is -2.22. The number of alkyl halides is 8. The topological polar surface area (TPSA) is 87.3 Å². The van der Waals surface area contributed by atoms with Gasteiger partial charge in [-0.3, -0.25) is 14.4 Å². The Kier molecular flexibility index (Phi) is 8.11. The zero-order valence-corrected chi connectivity index (χ0v) is 20.4. The number of nitrogens with one attached hydrogen (secondary N) is 3. The third kappa shape index (κ3) is 6.24. The maximum absolute atomic E-state index is 14.8. The van der Waals surface area contributed by atoms with Crippen molar-refractivity contribution < 1.29 is 49.5 Å². The van der Waals surface area contributed by atoms with E-state index in [-0.39, 0.29) is 22.7 Å². The van der Waals surface area contributed by atoms with Crippen LogP contribution in [0.3, 0.4) is 0 Å². The third-order valence-corrected chi connectivity index (χ3v) is 6.27. The molecule has 0 aromatic heterocycles. The Morgan fingerprint density at radius 1 is 0.974 bits per heavy atom. The molecule has 0 bridgehead atoms. The number of anilines is 3. The van der Waals surface area contributed by atoms with Crippen LogP contribution in [-0.2, 0) is 9.59 Å². The van der Waals surface area contributed by atoms with E-state index in [1.165, 1.54) is 12.1 Å². The zero-order valence-electron chi connectivity index (χ0n) is 18.1. The Hall–Kier alpha value is -2.84. The van der Waals surface area contributed by atoms with Crippen molar-refractivity contribution in [2.45, 2.75) is 29.0 Å². The molecule has 1 aliphatic rings. The monoisotopic (exact) mass is 611 g/mol. The number of carbonyl (C=O) groups excluding carboxylic acids is 3. The van der Waals surface area contributed by atoms with Gasteiger partial charge in [-0.25, -0.2) is 13.2 Å². The first-order valence-corrected chi connectivity index (χ1v) is 11.2. The highest BCUT2D eigenvalue weighted by atomic mass is 35.5. The second-order valence-corrected chi connectivity index (χ2v) is 9.87. The van der Waals surface area contributed by atoms with Gasteiger partial charge in [0.05, 0.1) is 22.2 Å². The summed E-state index contributed by atoms with van der Waals surface area (Å²) in [5.74, 6) is -14.8. The first-order valence-electron chi connectivity index (χ1n) is 10.0. The molecular formula is C21H12Cl3F8N3O3. The number of halogens is 11. The Morgan fingerprint density at radius 2 is 1.58 bits per heavy atom. The maximum Gasteiger partial charge on any atom is 0.426 e. The summed E-state index contributed by atoms with van der Waals surface area (Å²) in [6.45, 7) is 0. The van der Waals surface area contributed by atoms with Crippen LogP contribution in [0.1, 0.15) is 16.8 Å². The van der Waals surface area contributed by atoms with Gasteiger partial charge >= 0.3 is 12.1 Å². The van der Waals surface area contributed by atoms with E-state index < -0.39 is 69.3 Å². The normalized spacial score (nSPS) is 17.4. The molecule has 3 N–H and O–H groups in total. The molecule has 2 aromatic rings. The summed E-state index contributed by atoms with van der Waals surface area (Å²) < 4.78 is 105. The Bertz CT molecular complexity index is 1310. The summed E-state index contributed by atoms with van der Waals surface area (Å²) in [6.07, 6.45) is -10.9. The van der Waals surface area contributed by atoms with Gasteiger partial charge in [0, 0.05) is 5.69 Å². The quantitative estimate of drug-likeness (QED) is 0.247. The van der Waals surface area contributed by atoms with Crippen molar-refractivity contribution in [1.29, 1.82) is 0 Å². The molecule has 2 unspecified atom stereocenters. The molecule has 0 spiro atoms. The number of hydrogen-bond acceptors (Lipinski definition) is 3. The molecule has 206 valence electrons. The minimum atomic E-state index is -6.16. The largest absolute Gasteiger partial charge is 0.426 e.